The van der Waals surface area contributed by atoms with Crippen LogP contribution < -0.4 is 4.90 Å². The molecule has 2 aliphatic heterocycles. The molecule has 194 valence electrons. The van der Waals surface area contributed by atoms with Gasteiger partial charge in [-0.3, -0.25) is 4.79 Å². The number of halogens is 3. The maximum atomic E-state index is 13.2. The average molecular weight is 505 g/mol. The minimum absolute atomic E-state index is 0.179. The number of carbonyl (C=O) groups is 1. The Morgan fingerprint density at radius 2 is 2.03 bits per heavy atom. The second kappa shape index (κ2) is 12.4. The summed E-state index contributed by atoms with van der Waals surface area (Å²) in [6.45, 7) is 6.19. The van der Waals surface area contributed by atoms with Crippen molar-refractivity contribution < 1.29 is 22.7 Å². The molecule has 1 saturated heterocycles. The minimum Gasteiger partial charge on any atom is -0.467 e. The normalized spacial score (nSPS) is 22.5. The first kappa shape index (κ1) is 27.0. The molecular weight excluding hydrogens is 473 g/mol. The number of ether oxygens (including phenoxy) is 1. The Morgan fingerprint density at radius 3 is 2.72 bits per heavy atom. The summed E-state index contributed by atoms with van der Waals surface area (Å²) in [5.74, 6) is 0.504. The fourth-order valence-electron chi connectivity index (χ4n) is 4.55. The van der Waals surface area contributed by atoms with Gasteiger partial charge in [0.15, 0.2) is 0 Å². The lowest BCUT2D eigenvalue weighted by atomic mass is 10.1. The van der Waals surface area contributed by atoms with Gasteiger partial charge in [-0.2, -0.15) is 23.4 Å². The highest BCUT2D eigenvalue weighted by Crippen LogP contribution is 2.29. The smallest absolute Gasteiger partial charge is 0.393 e. The van der Waals surface area contributed by atoms with Crippen LogP contribution in [0.5, 0.6) is 0 Å². The number of amides is 1. The van der Waals surface area contributed by atoms with Gasteiger partial charge in [-0.1, -0.05) is 24.8 Å². The average Bonchev–Trinajstić information content (AvgIpc) is 2.85. The molecule has 3 rings (SSSR count). The van der Waals surface area contributed by atoms with Crippen molar-refractivity contribution in [2.24, 2.45) is 9.98 Å². The van der Waals surface area contributed by atoms with E-state index in [2.05, 4.69) is 22.6 Å². The summed E-state index contributed by atoms with van der Waals surface area (Å²) in [5.41, 5.74) is 0.780. The van der Waals surface area contributed by atoms with E-state index in [4.69, 9.17) is 4.74 Å². The molecule has 1 unspecified atom stereocenters. The van der Waals surface area contributed by atoms with Crippen LogP contribution in [0.1, 0.15) is 24.8 Å². The van der Waals surface area contributed by atoms with E-state index in [-0.39, 0.29) is 30.0 Å². The number of anilines is 1. The Balaban J connectivity index is 1.80. The molecule has 1 amide bonds. The Hall–Kier alpha value is -3.55. The molecule has 0 aliphatic carbocycles. The Labute approximate surface area is 209 Å². The van der Waals surface area contributed by atoms with Crippen molar-refractivity contribution in [3.63, 3.8) is 0 Å². The summed E-state index contributed by atoms with van der Waals surface area (Å²) in [5, 5.41) is 9.27. The van der Waals surface area contributed by atoms with E-state index in [1.54, 1.807) is 23.1 Å². The van der Waals surface area contributed by atoms with Crippen LogP contribution in [-0.4, -0.2) is 86.2 Å². The minimum atomic E-state index is -4.30. The summed E-state index contributed by atoms with van der Waals surface area (Å²) in [4.78, 5) is 26.9. The second-order valence-electron chi connectivity index (χ2n) is 8.61. The molecule has 0 aromatic heterocycles. The number of nitriles is 1. The fourth-order valence-corrected chi connectivity index (χ4v) is 4.55. The summed E-state index contributed by atoms with van der Waals surface area (Å²) >= 11 is 0. The van der Waals surface area contributed by atoms with Crippen molar-refractivity contribution in [3.8, 4) is 6.07 Å². The van der Waals surface area contributed by atoms with E-state index in [0.29, 0.717) is 57.8 Å². The largest absolute Gasteiger partial charge is 0.467 e. The third-order valence-electron chi connectivity index (χ3n) is 6.21. The zero-order chi connectivity index (χ0) is 26.1. The van der Waals surface area contributed by atoms with E-state index >= 15 is 0 Å². The third-order valence-corrected chi connectivity index (χ3v) is 6.21. The van der Waals surface area contributed by atoms with Gasteiger partial charge < -0.3 is 19.4 Å². The van der Waals surface area contributed by atoms with Crippen LogP contribution in [0.2, 0.25) is 0 Å². The zero-order valence-corrected chi connectivity index (χ0v) is 20.4. The van der Waals surface area contributed by atoms with Crippen LogP contribution in [0.15, 0.2) is 46.9 Å². The number of benzene rings is 1. The van der Waals surface area contributed by atoms with Crippen molar-refractivity contribution in [1.29, 1.82) is 5.26 Å². The Kier molecular flexibility index (Phi) is 9.33. The highest BCUT2D eigenvalue weighted by molar-refractivity contribution is 5.94. The summed E-state index contributed by atoms with van der Waals surface area (Å²) in [7, 11) is 1.47. The van der Waals surface area contributed by atoms with Crippen LogP contribution in [0.25, 0.3) is 0 Å². The summed E-state index contributed by atoms with van der Waals surface area (Å²) < 4.78 is 44.9. The third kappa shape index (κ3) is 7.23. The molecule has 0 saturated carbocycles. The van der Waals surface area contributed by atoms with Crippen LogP contribution in [0, 0.1) is 11.3 Å². The van der Waals surface area contributed by atoms with Crippen molar-refractivity contribution in [1.82, 2.24) is 9.80 Å². The molecule has 0 radical (unpaired) electrons. The summed E-state index contributed by atoms with van der Waals surface area (Å²) in [6.07, 6.45) is -2.68. The summed E-state index contributed by atoms with van der Waals surface area (Å²) in [6, 6.07) is 8.62. The molecule has 0 spiro atoms. The van der Waals surface area contributed by atoms with Gasteiger partial charge in [-0.25, -0.2) is 4.99 Å². The highest BCUT2D eigenvalue weighted by atomic mass is 19.4. The van der Waals surface area contributed by atoms with Crippen LogP contribution in [0.3, 0.4) is 0 Å². The highest BCUT2D eigenvalue weighted by Gasteiger charge is 2.32. The molecule has 8 nitrogen and oxygen atoms in total. The van der Waals surface area contributed by atoms with Crippen molar-refractivity contribution in [3.05, 3.63) is 42.5 Å². The quantitative estimate of drug-likeness (QED) is 0.587. The number of para-hydroxylation sites is 1. The predicted octanol–water partition coefficient (Wildman–Crippen LogP) is 3.40. The topological polar surface area (TPSA) is 84.5 Å². The maximum absolute atomic E-state index is 13.2. The molecule has 2 aliphatic rings. The number of amidine groups is 2. The van der Waals surface area contributed by atoms with Gasteiger partial charge in [-0.05, 0) is 24.1 Å². The number of methoxy groups -OCH3 is 1. The molecule has 0 bridgehead atoms. The number of hydrogen-bond acceptors (Lipinski definition) is 7. The van der Waals surface area contributed by atoms with Gasteiger partial charge in [0.25, 0.3) is 0 Å². The van der Waals surface area contributed by atoms with Crippen molar-refractivity contribution in [2.75, 3.05) is 51.3 Å². The maximum Gasteiger partial charge on any atom is 0.393 e. The van der Waals surface area contributed by atoms with E-state index in [1.165, 1.54) is 19.3 Å². The van der Waals surface area contributed by atoms with Crippen LogP contribution >= 0.6 is 0 Å². The second-order valence-corrected chi connectivity index (χ2v) is 8.61. The lowest BCUT2D eigenvalue weighted by Crippen LogP contribution is -2.56. The van der Waals surface area contributed by atoms with Gasteiger partial charge in [0.1, 0.15) is 5.84 Å². The first-order valence-electron chi connectivity index (χ1n) is 11.9. The predicted molar refractivity (Wildman–Crippen MR) is 132 cm³/mol. The molecule has 36 heavy (non-hydrogen) atoms. The molecule has 2 heterocycles. The number of rotatable bonds is 4. The first-order valence-corrected chi connectivity index (χ1v) is 11.9. The van der Waals surface area contributed by atoms with Gasteiger partial charge in [-0.15, -0.1) is 0 Å². The zero-order valence-electron chi connectivity index (χ0n) is 20.4. The monoisotopic (exact) mass is 504 g/mol. The van der Waals surface area contributed by atoms with Gasteiger partial charge in [0.2, 0.25) is 5.91 Å². The van der Waals surface area contributed by atoms with Crippen molar-refractivity contribution >= 4 is 23.5 Å². The molecular formula is C25H31F3N6O2. The Bertz CT molecular complexity index is 1030. The number of alkyl halides is 3. The SMILES string of the molecule is C=CC(=O)N1CCN(/C2=N/C(OC)=N\CCN(c3ccccc3CC(F)(F)F)CCC2)CC1CC#N. The number of carbonyl (C=O) groups excluding carboxylic acids is 1. The fraction of sp³-hybridized carbons (Fsp3) is 0.520. The molecule has 1 aromatic carbocycles. The van der Waals surface area contributed by atoms with Crippen LogP contribution in [0.4, 0.5) is 18.9 Å². The van der Waals surface area contributed by atoms with Crippen LogP contribution in [-0.2, 0) is 16.0 Å². The molecule has 1 atom stereocenters. The first-order chi connectivity index (χ1) is 17.3. The number of piperazine rings is 1. The molecule has 11 heteroatoms. The lowest BCUT2D eigenvalue weighted by molar-refractivity contribution is -0.130. The number of aliphatic imine (C=N–C) groups is 2. The van der Waals surface area contributed by atoms with E-state index in [0.717, 1.165) is 5.84 Å². The lowest BCUT2D eigenvalue weighted by Gasteiger charge is -2.41. The van der Waals surface area contributed by atoms with Gasteiger partial charge in [0.05, 0.1) is 38.6 Å². The van der Waals surface area contributed by atoms with E-state index < -0.39 is 12.6 Å². The standard InChI is InChI=1S/C25H31F3N6O2/c1-3-23(35)34-16-15-33(18-20(34)10-11-29)22-9-6-13-32(14-12-30-24(31-22)36-2)21-8-5-4-7-19(21)17-25(26,27)28/h3-5,7-8,20H,1,6,9-10,12-18H2,2H3/b30-24+,31-22+. The molecule has 1 aromatic rings. The van der Waals surface area contributed by atoms with Gasteiger partial charge in [0, 0.05) is 44.8 Å². The van der Waals surface area contributed by atoms with E-state index in [1.807, 2.05) is 9.80 Å². The Morgan fingerprint density at radius 1 is 1.25 bits per heavy atom. The molecule has 1 fully saturated rings. The van der Waals surface area contributed by atoms with E-state index in [9.17, 15) is 23.2 Å². The van der Waals surface area contributed by atoms with Gasteiger partial charge >= 0.3 is 12.2 Å². The molecule has 0 N–H and O–H groups in total. The number of hydrogen-bond donors (Lipinski definition) is 0. The van der Waals surface area contributed by atoms with Crippen molar-refractivity contribution in [2.45, 2.75) is 37.9 Å². The number of nitrogens with zero attached hydrogens (tertiary/aromatic N) is 6.